The zero-order chi connectivity index (χ0) is 13.8. The van der Waals surface area contributed by atoms with Crippen molar-refractivity contribution in [2.24, 2.45) is 0 Å². The SMILES string of the molecule is CCCNCc1cc2ccccc2n1CC1CCCO1. The Labute approximate surface area is 120 Å². The molecular weight excluding hydrogens is 248 g/mol. The number of para-hydroxylation sites is 1. The number of hydrogen-bond acceptors (Lipinski definition) is 2. The summed E-state index contributed by atoms with van der Waals surface area (Å²) in [6.07, 6.45) is 3.95. The van der Waals surface area contributed by atoms with E-state index in [4.69, 9.17) is 4.74 Å². The van der Waals surface area contributed by atoms with Crippen molar-refractivity contribution in [3.8, 4) is 0 Å². The smallest absolute Gasteiger partial charge is 0.0754 e. The van der Waals surface area contributed by atoms with E-state index in [1.807, 2.05) is 0 Å². The van der Waals surface area contributed by atoms with Gasteiger partial charge in [0.05, 0.1) is 6.10 Å². The largest absolute Gasteiger partial charge is 0.376 e. The van der Waals surface area contributed by atoms with Crippen LogP contribution in [0, 0.1) is 0 Å². The molecule has 3 nitrogen and oxygen atoms in total. The molecule has 1 atom stereocenters. The molecule has 1 aliphatic heterocycles. The number of fused-ring (bicyclic) bond motifs is 1. The molecule has 0 amide bonds. The molecule has 1 aromatic heterocycles. The van der Waals surface area contributed by atoms with Gasteiger partial charge in [0.25, 0.3) is 0 Å². The molecule has 0 saturated carbocycles. The van der Waals surface area contributed by atoms with E-state index in [9.17, 15) is 0 Å². The third-order valence-corrected chi connectivity index (χ3v) is 4.04. The van der Waals surface area contributed by atoms with Crippen LogP contribution in [0.15, 0.2) is 30.3 Å². The molecule has 3 heteroatoms. The molecule has 1 fully saturated rings. The quantitative estimate of drug-likeness (QED) is 0.816. The number of nitrogens with zero attached hydrogens (tertiary/aromatic N) is 1. The number of benzene rings is 1. The highest BCUT2D eigenvalue weighted by atomic mass is 16.5. The Morgan fingerprint density at radius 2 is 2.25 bits per heavy atom. The van der Waals surface area contributed by atoms with Crippen LogP contribution in [0.2, 0.25) is 0 Å². The summed E-state index contributed by atoms with van der Waals surface area (Å²) in [5.74, 6) is 0. The van der Waals surface area contributed by atoms with Gasteiger partial charge in [-0.1, -0.05) is 25.1 Å². The molecule has 2 heterocycles. The Morgan fingerprint density at radius 3 is 3.05 bits per heavy atom. The Morgan fingerprint density at radius 1 is 1.35 bits per heavy atom. The molecule has 2 aromatic rings. The van der Waals surface area contributed by atoms with Crippen LogP contribution in [0.25, 0.3) is 10.9 Å². The van der Waals surface area contributed by atoms with Gasteiger partial charge in [-0.2, -0.15) is 0 Å². The van der Waals surface area contributed by atoms with Gasteiger partial charge in [-0.05, 0) is 43.3 Å². The van der Waals surface area contributed by atoms with Gasteiger partial charge in [0.2, 0.25) is 0 Å². The Bertz CT molecular complexity index is 555. The maximum atomic E-state index is 5.81. The molecule has 0 bridgehead atoms. The highest BCUT2D eigenvalue weighted by molar-refractivity contribution is 5.81. The van der Waals surface area contributed by atoms with Gasteiger partial charge in [-0.25, -0.2) is 0 Å². The van der Waals surface area contributed by atoms with Crippen molar-refractivity contribution >= 4 is 10.9 Å². The molecule has 108 valence electrons. The van der Waals surface area contributed by atoms with Crippen molar-refractivity contribution < 1.29 is 4.74 Å². The molecule has 1 aliphatic rings. The first-order valence-electron chi connectivity index (χ1n) is 7.78. The van der Waals surface area contributed by atoms with Crippen LogP contribution in [-0.4, -0.2) is 23.8 Å². The number of rotatable bonds is 6. The molecule has 1 N–H and O–H groups in total. The van der Waals surface area contributed by atoms with Gasteiger partial charge < -0.3 is 14.6 Å². The van der Waals surface area contributed by atoms with Crippen LogP contribution in [0.3, 0.4) is 0 Å². The first-order valence-corrected chi connectivity index (χ1v) is 7.78. The van der Waals surface area contributed by atoms with Crippen molar-refractivity contribution in [2.45, 2.75) is 45.4 Å². The summed E-state index contributed by atoms with van der Waals surface area (Å²) in [5.41, 5.74) is 2.70. The van der Waals surface area contributed by atoms with Crippen LogP contribution in [0.1, 0.15) is 31.9 Å². The Balaban J connectivity index is 1.86. The Hall–Kier alpha value is -1.32. The number of ether oxygens (including phenoxy) is 1. The molecule has 0 aliphatic carbocycles. The predicted molar refractivity (Wildman–Crippen MR) is 82.9 cm³/mol. The van der Waals surface area contributed by atoms with Gasteiger partial charge >= 0.3 is 0 Å². The molecule has 0 spiro atoms. The van der Waals surface area contributed by atoms with E-state index in [0.29, 0.717) is 6.10 Å². The van der Waals surface area contributed by atoms with Crippen molar-refractivity contribution in [3.05, 3.63) is 36.0 Å². The van der Waals surface area contributed by atoms with E-state index in [-0.39, 0.29) is 0 Å². The maximum Gasteiger partial charge on any atom is 0.0754 e. The van der Waals surface area contributed by atoms with Crippen LogP contribution in [-0.2, 0) is 17.8 Å². The fourth-order valence-electron chi connectivity index (χ4n) is 3.01. The summed E-state index contributed by atoms with van der Waals surface area (Å²) in [5, 5.41) is 4.85. The normalized spacial score (nSPS) is 18.9. The maximum absolute atomic E-state index is 5.81. The topological polar surface area (TPSA) is 26.2 Å². The number of hydrogen-bond donors (Lipinski definition) is 1. The molecule has 1 unspecified atom stereocenters. The molecule has 1 saturated heterocycles. The van der Waals surface area contributed by atoms with Crippen molar-refractivity contribution in [3.63, 3.8) is 0 Å². The molecule has 0 radical (unpaired) electrons. The second-order valence-corrected chi connectivity index (χ2v) is 5.62. The third kappa shape index (κ3) is 2.89. The van der Waals surface area contributed by atoms with Gasteiger partial charge in [-0.15, -0.1) is 0 Å². The van der Waals surface area contributed by atoms with E-state index >= 15 is 0 Å². The lowest BCUT2D eigenvalue weighted by Crippen LogP contribution is -2.21. The summed E-state index contributed by atoms with van der Waals surface area (Å²) in [6.45, 7) is 6.12. The van der Waals surface area contributed by atoms with E-state index in [0.717, 1.165) is 26.2 Å². The lowest BCUT2D eigenvalue weighted by atomic mass is 10.2. The van der Waals surface area contributed by atoms with E-state index in [1.54, 1.807) is 0 Å². The average Bonchev–Trinajstić information content (AvgIpc) is 3.09. The summed E-state index contributed by atoms with van der Waals surface area (Å²) in [6, 6.07) is 11.0. The number of aromatic nitrogens is 1. The van der Waals surface area contributed by atoms with Gasteiger partial charge in [-0.3, -0.25) is 0 Å². The number of nitrogens with one attached hydrogen (secondary N) is 1. The monoisotopic (exact) mass is 272 g/mol. The van der Waals surface area contributed by atoms with Gasteiger partial charge in [0, 0.05) is 30.9 Å². The summed E-state index contributed by atoms with van der Waals surface area (Å²) in [7, 11) is 0. The van der Waals surface area contributed by atoms with Crippen LogP contribution in [0.5, 0.6) is 0 Å². The average molecular weight is 272 g/mol. The fourth-order valence-corrected chi connectivity index (χ4v) is 3.01. The predicted octanol–water partition coefficient (Wildman–Crippen LogP) is 3.32. The van der Waals surface area contributed by atoms with Crippen molar-refractivity contribution in [2.75, 3.05) is 13.2 Å². The van der Waals surface area contributed by atoms with Crippen LogP contribution in [0.4, 0.5) is 0 Å². The van der Waals surface area contributed by atoms with Crippen LogP contribution < -0.4 is 5.32 Å². The van der Waals surface area contributed by atoms with Crippen molar-refractivity contribution in [1.82, 2.24) is 9.88 Å². The van der Waals surface area contributed by atoms with Gasteiger partial charge in [0.1, 0.15) is 0 Å². The summed E-state index contributed by atoms with van der Waals surface area (Å²) >= 11 is 0. The molecule has 1 aromatic carbocycles. The standard InChI is InChI=1S/C17H24N2O/c1-2-9-18-12-15-11-14-6-3-4-8-17(14)19(15)13-16-7-5-10-20-16/h3-4,6,8,11,16,18H,2,5,7,9-10,12-13H2,1H3. The first kappa shape index (κ1) is 13.7. The highest BCUT2D eigenvalue weighted by Gasteiger charge is 2.18. The summed E-state index contributed by atoms with van der Waals surface area (Å²) in [4.78, 5) is 0. The fraction of sp³-hybridized carbons (Fsp3) is 0.529. The van der Waals surface area contributed by atoms with E-state index < -0.39 is 0 Å². The highest BCUT2D eigenvalue weighted by Crippen LogP contribution is 2.23. The first-order chi connectivity index (χ1) is 9.88. The van der Waals surface area contributed by atoms with E-state index in [2.05, 4.69) is 47.1 Å². The zero-order valence-electron chi connectivity index (χ0n) is 12.3. The third-order valence-electron chi connectivity index (χ3n) is 4.04. The second-order valence-electron chi connectivity index (χ2n) is 5.62. The zero-order valence-corrected chi connectivity index (χ0v) is 12.3. The summed E-state index contributed by atoms with van der Waals surface area (Å²) < 4.78 is 8.25. The lowest BCUT2D eigenvalue weighted by molar-refractivity contribution is 0.0973. The van der Waals surface area contributed by atoms with E-state index in [1.165, 1.54) is 35.9 Å². The van der Waals surface area contributed by atoms with Crippen molar-refractivity contribution in [1.29, 1.82) is 0 Å². The van der Waals surface area contributed by atoms with Crippen LogP contribution >= 0.6 is 0 Å². The molecular formula is C17H24N2O. The lowest BCUT2D eigenvalue weighted by Gasteiger charge is -2.15. The minimum atomic E-state index is 0.385. The minimum Gasteiger partial charge on any atom is -0.376 e. The second kappa shape index (κ2) is 6.42. The molecule has 3 rings (SSSR count). The minimum absolute atomic E-state index is 0.385. The molecule has 20 heavy (non-hydrogen) atoms. The Kier molecular flexibility index (Phi) is 4.38. The van der Waals surface area contributed by atoms with Gasteiger partial charge in [0.15, 0.2) is 0 Å².